The van der Waals surface area contributed by atoms with Crippen LogP contribution in [0.4, 0.5) is 0 Å². The lowest BCUT2D eigenvalue weighted by Crippen LogP contribution is -2.13. The zero-order valence-electron chi connectivity index (χ0n) is 6.12. The third kappa shape index (κ3) is 4.08. The van der Waals surface area contributed by atoms with Crippen molar-refractivity contribution in [2.45, 2.75) is 12.8 Å². The Hall–Kier alpha value is 0.390. The summed E-state index contributed by atoms with van der Waals surface area (Å²) in [5, 5.41) is 0.566. The number of rotatable bonds is 5. The van der Waals surface area contributed by atoms with Crippen LogP contribution in [-0.2, 0) is 14.3 Å². The lowest BCUT2D eigenvalue weighted by molar-refractivity contribution is 0.341. The molecule has 0 spiro atoms. The van der Waals surface area contributed by atoms with Gasteiger partial charge in [-0.1, -0.05) is 15.9 Å². The van der Waals surface area contributed by atoms with E-state index >= 15 is 0 Å². The van der Waals surface area contributed by atoms with Crippen LogP contribution >= 0.6 is 15.9 Å². The van der Waals surface area contributed by atoms with E-state index in [9.17, 15) is 8.42 Å². The Labute approximate surface area is 75.4 Å². The van der Waals surface area contributed by atoms with Crippen LogP contribution in [0.3, 0.4) is 0 Å². The van der Waals surface area contributed by atoms with Gasteiger partial charge in [0.2, 0.25) is 0 Å². The first-order valence-electron chi connectivity index (χ1n) is 3.57. The highest BCUT2D eigenvalue weighted by molar-refractivity contribution is 9.09. The Balaban J connectivity index is 2.26. The molecule has 0 unspecified atom stereocenters. The van der Waals surface area contributed by atoms with Gasteiger partial charge >= 0.3 is 0 Å². The Bertz CT molecular complexity index is 208. The fraction of sp³-hybridized carbons (Fsp3) is 1.00. The SMILES string of the molecule is O=S(=O)(CC1CC1)OCCBr. The molecule has 0 aromatic heterocycles. The third-order valence-electron chi connectivity index (χ3n) is 1.48. The molecule has 0 saturated heterocycles. The summed E-state index contributed by atoms with van der Waals surface area (Å²) in [6.07, 6.45) is 2.08. The molecule has 5 heteroatoms. The van der Waals surface area contributed by atoms with E-state index in [2.05, 4.69) is 20.1 Å². The monoisotopic (exact) mass is 242 g/mol. The zero-order chi connectivity index (χ0) is 8.32. The number of alkyl halides is 1. The van der Waals surface area contributed by atoms with E-state index in [-0.39, 0.29) is 12.4 Å². The summed E-state index contributed by atoms with van der Waals surface area (Å²) in [4.78, 5) is 0. The first kappa shape index (κ1) is 9.48. The van der Waals surface area contributed by atoms with Crippen LogP contribution in [-0.4, -0.2) is 26.1 Å². The molecule has 0 heterocycles. The maximum atomic E-state index is 11.0. The molecule has 0 radical (unpaired) electrons. The second-order valence-electron chi connectivity index (χ2n) is 2.68. The van der Waals surface area contributed by atoms with E-state index in [0.29, 0.717) is 11.2 Å². The van der Waals surface area contributed by atoms with Crippen molar-refractivity contribution in [2.24, 2.45) is 5.92 Å². The predicted molar refractivity (Wildman–Crippen MR) is 46.3 cm³/mol. The standard InChI is InChI=1S/C6H11BrO3S/c7-3-4-10-11(8,9)5-6-1-2-6/h6H,1-5H2. The van der Waals surface area contributed by atoms with Crippen molar-refractivity contribution in [1.82, 2.24) is 0 Å². The molecule has 0 N–H and O–H groups in total. The van der Waals surface area contributed by atoms with E-state index in [1.165, 1.54) is 0 Å². The molecular weight excluding hydrogens is 232 g/mol. The van der Waals surface area contributed by atoms with Crippen molar-refractivity contribution in [3.05, 3.63) is 0 Å². The number of halogens is 1. The minimum atomic E-state index is -3.21. The van der Waals surface area contributed by atoms with Crippen molar-refractivity contribution >= 4 is 26.0 Å². The molecule has 1 aliphatic rings. The molecule has 1 fully saturated rings. The van der Waals surface area contributed by atoms with E-state index < -0.39 is 10.1 Å². The van der Waals surface area contributed by atoms with Gasteiger partial charge in [-0.25, -0.2) is 0 Å². The van der Waals surface area contributed by atoms with Crippen molar-refractivity contribution in [2.75, 3.05) is 17.7 Å². The molecule has 11 heavy (non-hydrogen) atoms. The third-order valence-corrected chi connectivity index (χ3v) is 3.21. The van der Waals surface area contributed by atoms with Gasteiger partial charge in [0.1, 0.15) is 0 Å². The molecule has 0 aromatic rings. The van der Waals surface area contributed by atoms with E-state index in [1.54, 1.807) is 0 Å². The van der Waals surface area contributed by atoms with Gasteiger partial charge in [-0.2, -0.15) is 8.42 Å². The largest absolute Gasteiger partial charge is 0.269 e. The molecule has 1 rings (SSSR count). The summed E-state index contributed by atoms with van der Waals surface area (Å²) in [6, 6.07) is 0. The summed E-state index contributed by atoms with van der Waals surface area (Å²) in [6.45, 7) is 0.245. The second kappa shape index (κ2) is 3.87. The molecule has 0 aliphatic heterocycles. The molecule has 3 nitrogen and oxygen atoms in total. The Kier molecular flexibility index (Phi) is 3.33. The van der Waals surface area contributed by atoms with Crippen molar-refractivity contribution in [1.29, 1.82) is 0 Å². The predicted octanol–water partition coefficient (Wildman–Crippen LogP) is 1.14. The van der Waals surface area contributed by atoms with Crippen molar-refractivity contribution < 1.29 is 12.6 Å². The first-order chi connectivity index (χ1) is 5.14. The lowest BCUT2D eigenvalue weighted by Gasteiger charge is -2.01. The van der Waals surface area contributed by atoms with Crippen LogP contribution < -0.4 is 0 Å². The van der Waals surface area contributed by atoms with Gasteiger partial charge in [0.25, 0.3) is 10.1 Å². The van der Waals surface area contributed by atoms with Crippen LogP contribution in [0.15, 0.2) is 0 Å². The molecule has 1 saturated carbocycles. The average molecular weight is 243 g/mol. The maximum Gasteiger partial charge on any atom is 0.267 e. The quantitative estimate of drug-likeness (QED) is 0.537. The zero-order valence-corrected chi connectivity index (χ0v) is 8.53. The summed E-state index contributed by atoms with van der Waals surface area (Å²) in [7, 11) is -3.21. The van der Waals surface area contributed by atoms with Crippen LogP contribution in [0, 0.1) is 5.92 Å². The van der Waals surface area contributed by atoms with E-state index in [1.807, 2.05) is 0 Å². The molecule has 66 valence electrons. The minimum Gasteiger partial charge on any atom is -0.269 e. The summed E-state index contributed by atoms with van der Waals surface area (Å²) >= 11 is 3.09. The average Bonchev–Trinajstić information content (AvgIpc) is 2.67. The highest BCUT2D eigenvalue weighted by atomic mass is 79.9. The van der Waals surface area contributed by atoms with Gasteiger partial charge in [-0.3, -0.25) is 4.18 Å². The van der Waals surface area contributed by atoms with Crippen LogP contribution in [0.1, 0.15) is 12.8 Å². The fourth-order valence-electron chi connectivity index (χ4n) is 0.780. The van der Waals surface area contributed by atoms with E-state index in [0.717, 1.165) is 12.8 Å². The fourth-order valence-corrected chi connectivity index (χ4v) is 2.50. The smallest absolute Gasteiger partial charge is 0.267 e. The van der Waals surface area contributed by atoms with Gasteiger partial charge in [0, 0.05) is 5.33 Å². The lowest BCUT2D eigenvalue weighted by atomic mass is 10.5. The Morgan fingerprint density at radius 1 is 1.45 bits per heavy atom. The Morgan fingerprint density at radius 3 is 2.55 bits per heavy atom. The number of hydrogen-bond acceptors (Lipinski definition) is 3. The molecule has 0 bridgehead atoms. The second-order valence-corrected chi connectivity index (χ2v) is 5.16. The van der Waals surface area contributed by atoms with Crippen LogP contribution in [0.2, 0.25) is 0 Å². The van der Waals surface area contributed by atoms with Crippen LogP contribution in [0.5, 0.6) is 0 Å². The van der Waals surface area contributed by atoms with Gasteiger partial charge in [-0.15, -0.1) is 0 Å². The summed E-state index contributed by atoms with van der Waals surface area (Å²) in [5.74, 6) is 0.579. The molecule has 0 amide bonds. The van der Waals surface area contributed by atoms with Crippen LogP contribution in [0.25, 0.3) is 0 Å². The first-order valence-corrected chi connectivity index (χ1v) is 6.27. The maximum absolute atomic E-state index is 11.0. The van der Waals surface area contributed by atoms with Gasteiger partial charge in [-0.05, 0) is 18.8 Å². The van der Waals surface area contributed by atoms with Crippen molar-refractivity contribution in [3.8, 4) is 0 Å². The Morgan fingerprint density at radius 2 is 2.09 bits per heavy atom. The normalized spacial score (nSPS) is 18.6. The highest BCUT2D eigenvalue weighted by Gasteiger charge is 2.28. The summed E-state index contributed by atoms with van der Waals surface area (Å²) < 4.78 is 26.6. The van der Waals surface area contributed by atoms with E-state index in [4.69, 9.17) is 0 Å². The van der Waals surface area contributed by atoms with Gasteiger partial charge < -0.3 is 0 Å². The molecule has 1 aliphatic carbocycles. The number of hydrogen-bond donors (Lipinski definition) is 0. The molecule has 0 atom stereocenters. The van der Waals surface area contributed by atoms with Crippen molar-refractivity contribution in [3.63, 3.8) is 0 Å². The minimum absolute atomic E-state index is 0.208. The topological polar surface area (TPSA) is 43.4 Å². The highest BCUT2D eigenvalue weighted by Crippen LogP contribution is 2.30. The summed E-state index contributed by atoms with van der Waals surface area (Å²) in [5.41, 5.74) is 0. The molecular formula is C6H11BrO3S. The molecule has 0 aromatic carbocycles. The van der Waals surface area contributed by atoms with Gasteiger partial charge in [0.05, 0.1) is 12.4 Å². The van der Waals surface area contributed by atoms with Gasteiger partial charge in [0.15, 0.2) is 0 Å².